The topological polar surface area (TPSA) is 96.2 Å². The number of ether oxygens (including phenoxy) is 2. The minimum Gasteiger partial charge on any atom is -0.463 e. The van der Waals surface area contributed by atoms with Crippen LogP contribution in [0.15, 0.2) is 11.6 Å². The standard InChI is InChI=1S/C12H20O6/c1-3-17-10(14)5-7(2)4-9-12(16)11(15)8(13)6-18-9/h5,8-9,11-13,15-16H,3-4,6H2,1-2H3/t8-,9+,11+,12+/m1/s1. The predicted molar refractivity (Wildman–Crippen MR) is 62.8 cm³/mol. The van der Waals surface area contributed by atoms with Gasteiger partial charge in [0.25, 0.3) is 0 Å². The zero-order chi connectivity index (χ0) is 13.7. The lowest BCUT2D eigenvalue weighted by atomic mass is 9.95. The van der Waals surface area contributed by atoms with Crippen LogP contribution in [-0.2, 0) is 14.3 Å². The molecular weight excluding hydrogens is 240 g/mol. The molecule has 0 saturated carbocycles. The summed E-state index contributed by atoms with van der Waals surface area (Å²) in [6.45, 7) is 3.70. The quantitative estimate of drug-likeness (QED) is 0.460. The number of rotatable bonds is 4. The normalized spacial score (nSPS) is 33.3. The maximum Gasteiger partial charge on any atom is 0.330 e. The Morgan fingerprint density at radius 1 is 1.39 bits per heavy atom. The molecule has 0 unspecified atom stereocenters. The Morgan fingerprint density at radius 2 is 2.06 bits per heavy atom. The van der Waals surface area contributed by atoms with Crippen LogP contribution in [0.5, 0.6) is 0 Å². The van der Waals surface area contributed by atoms with E-state index in [-0.39, 0.29) is 6.61 Å². The van der Waals surface area contributed by atoms with Gasteiger partial charge in [-0.05, 0) is 20.3 Å². The minimum absolute atomic E-state index is 0.0322. The van der Waals surface area contributed by atoms with Crippen LogP contribution in [0, 0.1) is 0 Å². The number of aliphatic hydroxyl groups excluding tert-OH is 3. The van der Waals surface area contributed by atoms with Crippen LogP contribution < -0.4 is 0 Å². The molecule has 0 radical (unpaired) electrons. The van der Waals surface area contributed by atoms with Crippen LogP contribution in [0.25, 0.3) is 0 Å². The van der Waals surface area contributed by atoms with Gasteiger partial charge in [0.05, 0.1) is 19.3 Å². The van der Waals surface area contributed by atoms with E-state index in [2.05, 4.69) is 0 Å². The highest BCUT2D eigenvalue weighted by Gasteiger charge is 2.37. The highest BCUT2D eigenvalue weighted by molar-refractivity contribution is 5.82. The number of hydrogen-bond donors (Lipinski definition) is 3. The van der Waals surface area contributed by atoms with E-state index >= 15 is 0 Å². The van der Waals surface area contributed by atoms with E-state index in [0.717, 1.165) is 0 Å². The first-order chi connectivity index (χ1) is 8.45. The second-order valence-electron chi connectivity index (χ2n) is 4.37. The van der Waals surface area contributed by atoms with E-state index in [1.807, 2.05) is 0 Å². The molecule has 6 nitrogen and oxygen atoms in total. The van der Waals surface area contributed by atoms with Crippen molar-refractivity contribution < 1.29 is 29.6 Å². The first-order valence-corrected chi connectivity index (χ1v) is 5.95. The van der Waals surface area contributed by atoms with Crippen molar-refractivity contribution in [2.45, 2.75) is 44.7 Å². The Kier molecular flexibility index (Phi) is 5.74. The maximum absolute atomic E-state index is 11.2. The molecule has 1 fully saturated rings. The van der Waals surface area contributed by atoms with Gasteiger partial charge in [-0.2, -0.15) is 0 Å². The highest BCUT2D eigenvalue weighted by Crippen LogP contribution is 2.21. The molecular formula is C12H20O6. The largest absolute Gasteiger partial charge is 0.463 e. The third kappa shape index (κ3) is 4.06. The summed E-state index contributed by atoms with van der Waals surface area (Å²) in [5.41, 5.74) is 0.682. The SMILES string of the molecule is CCOC(=O)C=C(C)C[C@@H]1OC[C@@H](O)[C@H](O)[C@H]1O. The van der Waals surface area contributed by atoms with Crippen molar-refractivity contribution in [1.82, 2.24) is 0 Å². The van der Waals surface area contributed by atoms with Gasteiger partial charge in [-0.25, -0.2) is 4.79 Å². The Hall–Kier alpha value is -0.950. The van der Waals surface area contributed by atoms with Gasteiger partial charge in [0, 0.05) is 6.08 Å². The summed E-state index contributed by atoms with van der Waals surface area (Å²) in [7, 11) is 0. The first-order valence-electron chi connectivity index (χ1n) is 5.95. The summed E-state index contributed by atoms with van der Waals surface area (Å²) in [5, 5.41) is 28.5. The summed E-state index contributed by atoms with van der Waals surface area (Å²) >= 11 is 0. The molecule has 4 atom stereocenters. The lowest BCUT2D eigenvalue weighted by molar-refractivity contribution is -0.186. The number of hydrogen-bond acceptors (Lipinski definition) is 6. The molecule has 0 aromatic heterocycles. The zero-order valence-corrected chi connectivity index (χ0v) is 10.6. The summed E-state index contributed by atoms with van der Waals surface area (Å²) in [5.74, 6) is -0.444. The van der Waals surface area contributed by atoms with Crippen molar-refractivity contribution in [2.24, 2.45) is 0 Å². The monoisotopic (exact) mass is 260 g/mol. The van der Waals surface area contributed by atoms with Crippen LogP contribution in [0.2, 0.25) is 0 Å². The average Bonchev–Trinajstić information content (AvgIpc) is 2.30. The summed E-state index contributed by atoms with van der Waals surface area (Å²) in [4.78, 5) is 11.2. The fourth-order valence-electron chi connectivity index (χ4n) is 1.81. The summed E-state index contributed by atoms with van der Waals surface area (Å²) < 4.78 is 9.99. The van der Waals surface area contributed by atoms with E-state index in [9.17, 15) is 20.1 Å². The van der Waals surface area contributed by atoms with E-state index < -0.39 is 30.4 Å². The van der Waals surface area contributed by atoms with Crippen molar-refractivity contribution in [1.29, 1.82) is 0 Å². The molecule has 3 N–H and O–H groups in total. The van der Waals surface area contributed by atoms with E-state index in [4.69, 9.17) is 9.47 Å². The third-order valence-electron chi connectivity index (χ3n) is 2.78. The van der Waals surface area contributed by atoms with Gasteiger partial charge in [-0.15, -0.1) is 0 Å². The molecule has 0 aromatic carbocycles. The fourth-order valence-corrected chi connectivity index (χ4v) is 1.81. The second kappa shape index (κ2) is 6.84. The fraction of sp³-hybridized carbons (Fsp3) is 0.750. The van der Waals surface area contributed by atoms with Crippen molar-refractivity contribution >= 4 is 5.97 Å². The summed E-state index contributed by atoms with van der Waals surface area (Å²) in [6.07, 6.45) is -2.47. The highest BCUT2D eigenvalue weighted by atomic mass is 16.5. The van der Waals surface area contributed by atoms with Crippen LogP contribution in [-0.4, -0.2) is 58.9 Å². The molecule has 6 heteroatoms. The average molecular weight is 260 g/mol. The maximum atomic E-state index is 11.2. The molecule has 18 heavy (non-hydrogen) atoms. The molecule has 0 aromatic rings. The Bertz CT molecular complexity index is 314. The van der Waals surface area contributed by atoms with Crippen LogP contribution in [0.3, 0.4) is 0 Å². The number of esters is 1. The number of aliphatic hydroxyl groups is 3. The van der Waals surface area contributed by atoms with Gasteiger partial charge in [0.2, 0.25) is 0 Å². The van der Waals surface area contributed by atoms with E-state index in [1.54, 1.807) is 13.8 Å². The molecule has 1 rings (SSSR count). The molecule has 0 bridgehead atoms. The number of carbonyl (C=O) groups excluding carboxylic acids is 1. The second-order valence-corrected chi connectivity index (χ2v) is 4.37. The van der Waals surface area contributed by atoms with Gasteiger partial charge < -0.3 is 24.8 Å². The van der Waals surface area contributed by atoms with Crippen LogP contribution >= 0.6 is 0 Å². The predicted octanol–water partition coefficient (Wildman–Crippen LogP) is -0.633. The lowest BCUT2D eigenvalue weighted by Gasteiger charge is -2.35. The van der Waals surface area contributed by atoms with Crippen molar-refractivity contribution in [2.75, 3.05) is 13.2 Å². The van der Waals surface area contributed by atoms with Gasteiger partial charge in [0.15, 0.2) is 0 Å². The molecule has 104 valence electrons. The van der Waals surface area contributed by atoms with E-state index in [0.29, 0.717) is 18.6 Å². The molecule has 1 heterocycles. The Labute approximate surface area is 106 Å². The molecule has 0 spiro atoms. The zero-order valence-electron chi connectivity index (χ0n) is 10.6. The minimum atomic E-state index is -1.22. The molecule has 0 aliphatic carbocycles. The third-order valence-corrected chi connectivity index (χ3v) is 2.78. The molecule has 1 aliphatic rings. The Morgan fingerprint density at radius 3 is 2.67 bits per heavy atom. The molecule has 1 saturated heterocycles. The molecule has 1 aliphatic heterocycles. The van der Waals surface area contributed by atoms with Crippen LogP contribution in [0.1, 0.15) is 20.3 Å². The molecule has 0 amide bonds. The summed E-state index contributed by atoms with van der Waals surface area (Å²) in [6, 6.07) is 0. The smallest absolute Gasteiger partial charge is 0.330 e. The van der Waals surface area contributed by atoms with Crippen molar-refractivity contribution in [3.8, 4) is 0 Å². The van der Waals surface area contributed by atoms with Crippen molar-refractivity contribution in [3.05, 3.63) is 11.6 Å². The van der Waals surface area contributed by atoms with Crippen LogP contribution in [0.4, 0.5) is 0 Å². The lowest BCUT2D eigenvalue weighted by Crippen LogP contribution is -2.52. The number of carbonyl (C=O) groups is 1. The Balaban J connectivity index is 2.54. The van der Waals surface area contributed by atoms with Gasteiger partial charge in [-0.1, -0.05) is 5.57 Å². The van der Waals surface area contributed by atoms with Gasteiger partial charge in [0.1, 0.15) is 18.3 Å². The van der Waals surface area contributed by atoms with Gasteiger partial charge >= 0.3 is 5.97 Å². The van der Waals surface area contributed by atoms with E-state index in [1.165, 1.54) is 6.08 Å². The first kappa shape index (κ1) is 15.1. The van der Waals surface area contributed by atoms with Gasteiger partial charge in [-0.3, -0.25) is 0 Å². The van der Waals surface area contributed by atoms with Crippen molar-refractivity contribution in [3.63, 3.8) is 0 Å².